The van der Waals surface area contributed by atoms with Gasteiger partial charge in [0, 0.05) is 24.8 Å². The molecule has 1 aromatic heterocycles. The Morgan fingerprint density at radius 2 is 2.33 bits per heavy atom. The summed E-state index contributed by atoms with van der Waals surface area (Å²) in [6, 6.07) is 2.00. The van der Waals surface area contributed by atoms with Crippen molar-refractivity contribution >= 4 is 17.4 Å². The Labute approximate surface area is 95.5 Å². The van der Waals surface area contributed by atoms with Crippen LogP contribution in [0, 0.1) is 12.8 Å². The molecule has 0 radical (unpaired) electrons. The first-order chi connectivity index (χ1) is 7.19. The first-order valence-electron chi connectivity index (χ1n) is 5.45. The van der Waals surface area contributed by atoms with E-state index in [2.05, 4.69) is 21.8 Å². The molecule has 2 heterocycles. The number of hydrogen-bond acceptors (Lipinski definition) is 3. The van der Waals surface area contributed by atoms with Gasteiger partial charge in [0.1, 0.15) is 5.82 Å². The van der Waals surface area contributed by atoms with E-state index in [9.17, 15) is 0 Å². The maximum Gasteiger partial charge on any atom is 0.224 e. The average Bonchev–Trinajstić information content (AvgIpc) is 2.64. The zero-order valence-corrected chi connectivity index (χ0v) is 9.96. The van der Waals surface area contributed by atoms with Crippen molar-refractivity contribution in [2.45, 2.75) is 26.7 Å². The molecule has 1 aliphatic rings. The summed E-state index contributed by atoms with van der Waals surface area (Å²) >= 11 is 5.85. The third-order valence-electron chi connectivity index (χ3n) is 3.00. The van der Waals surface area contributed by atoms with E-state index < -0.39 is 0 Å². The van der Waals surface area contributed by atoms with Gasteiger partial charge in [0.15, 0.2) is 0 Å². The Morgan fingerprint density at radius 3 is 2.93 bits per heavy atom. The van der Waals surface area contributed by atoms with Crippen LogP contribution < -0.4 is 4.90 Å². The van der Waals surface area contributed by atoms with Crippen LogP contribution in [0.4, 0.5) is 5.82 Å². The Hall–Kier alpha value is -0.830. The number of rotatable bonds is 2. The molecular weight excluding hydrogens is 210 g/mol. The highest BCUT2D eigenvalue weighted by Crippen LogP contribution is 2.24. The maximum atomic E-state index is 5.85. The van der Waals surface area contributed by atoms with Crippen LogP contribution in [0.5, 0.6) is 0 Å². The summed E-state index contributed by atoms with van der Waals surface area (Å²) in [5, 5.41) is 0.352. The monoisotopic (exact) mass is 225 g/mol. The van der Waals surface area contributed by atoms with Gasteiger partial charge in [-0.2, -0.15) is 0 Å². The van der Waals surface area contributed by atoms with Gasteiger partial charge in [-0.05, 0) is 30.9 Å². The Bertz CT molecular complexity index is 333. The molecule has 4 heteroatoms. The summed E-state index contributed by atoms with van der Waals surface area (Å²) in [5.41, 5.74) is 0.935. The predicted molar refractivity (Wildman–Crippen MR) is 62.4 cm³/mol. The molecule has 1 aliphatic heterocycles. The van der Waals surface area contributed by atoms with Gasteiger partial charge in [-0.3, -0.25) is 0 Å². The molecule has 0 saturated carbocycles. The highest BCUT2D eigenvalue weighted by molar-refractivity contribution is 6.28. The van der Waals surface area contributed by atoms with Gasteiger partial charge in [0.2, 0.25) is 5.28 Å². The third kappa shape index (κ3) is 2.40. The van der Waals surface area contributed by atoms with Crippen LogP contribution in [-0.4, -0.2) is 23.1 Å². The normalized spacial score (nSPS) is 21.0. The number of aromatic nitrogens is 2. The van der Waals surface area contributed by atoms with Gasteiger partial charge >= 0.3 is 0 Å². The van der Waals surface area contributed by atoms with Crippen LogP contribution >= 0.6 is 11.6 Å². The second kappa shape index (κ2) is 4.35. The molecule has 1 fully saturated rings. The largest absolute Gasteiger partial charge is 0.356 e. The molecule has 0 aliphatic carbocycles. The van der Waals surface area contributed by atoms with Crippen LogP contribution in [0.1, 0.15) is 25.5 Å². The molecule has 0 N–H and O–H groups in total. The molecule has 82 valence electrons. The molecule has 0 aromatic carbocycles. The molecule has 2 rings (SSSR count). The van der Waals surface area contributed by atoms with Crippen LogP contribution in [0.25, 0.3) is 0 Å². The van der Waals surface area contributed by atoms with Gasteiger partial charge in [0.25, 0.3) is 0 Å². The molecule has 15 heavy (non-hydrogen) atoms. The lowest BCUT2D eigenvalue weighted by atomic mass is 10.1. The van der Waals surface area contributed by atoms with E-state index in [4.69, 9.17) is 11.6 Å². The SMILES string of the molecule is CCC1CCN(c2cc(C)nc(Cl)n2)C1. The second-order valence-electron chi connectivity index (χ2n) is 4.15. The minimum atomic E-state index is 0.352. The van der Waals surface area contributed by atoms with E-state index in [1.807, 2.05) is 13.0 Å². The summed E-state index contributed by atoms with van der Waals surface area (Å²) in [6.07, 6.45) is 2.51. The number of anilines is 1. The van der Waals surface area contributed by atoms with Gasteiger partial charge < -0.3 is 4.90 Å². The third-order valence-corrected chi connectivity index (χ3v) is 3.17. The molecule has 3 nitrogen and oxygen atoms in total. The van der Waals surface area contributed by atoms with Crippen molar-refractivity contribution in [2.24, 2.45) is 5.92 Å². The standard InChI is InChI=1S/C11H16ClN3/c1-3-9-4-5-15(7-9)10-6-8(2)13-11(12)14-10/h6,9H,3-5,7H2,1-2H3. The molecule has 0 amide bonds. The molecule has 0 spiro atoms. The quantitative estimate of drug-likeness (QED) is 0.725. The summed E-state index contributed by atoms with van der Waals surface area (Å²) in [4.78, 5) is 10.6. The Balaban J connectivity index is 2.16. The molecule has 0 bridgehead atoms. The summed E-state index contributed by atoms with van der Waals surface area (Å²) in [7, 11) is 0. The van der Waals surface area contributed by atoms with E-state index in [-0.39, 0.29) is 0 Å². The van der Waals surface area contributed by atoms with Crippen molar-refractivity contribution in [1.82, 2.24) is 9.97 Å². The zero-order valence-electron chi connectivity index (χ0n) is 9.20. The second-order valence-corrected chi connectivity index (χ2v) is 4.48. The van der Waals surface area contributed by atoms with Crippen LogP contribution in [0.3, 0.4) is 0 Å². The predicted octanol–water partition coefficient (Wildman–Crippen LogP) is 2.67. The maximum absolute atomic E-state index is 5.85. The van der Waals surface area contributed by atoms with Crippen molar-refractivity contribution in [2.75, 3.05) is 18.0 Å². The van der Waals surface area contributed by atoms with Crippen molar-refractivity contribution in [1.29, 1.82) is 0 Å². The summed E-state index contributed by atoms with van der Waals surface area (Å²) < 4.78 is 0. The van der Waals surface area contributed by atoms with Crippen molar-refractivity contribution in [3.05, 3.63) is 17.0 Å². The first kappa shape index (κ1) is 10.7. The van der Waals surface area contributed by atoms with Crippen LogP contribution in [-0.2, 0) is 0 Å². The van der Waals surface area contributed by atoms with Crippen molar-refractivity contribution < 1.29 is 0 Å². The summed E-state index contributed by atoms with van der Waals surface area (Å²) in [6.45, 7) is 6.38. The van der Waals surface area contributed by atoms with Crippen LogP contribution in [0.15, 0.2) is 6.07 Å². The molecule has 1 saturated heterocycles. The van der Waals surface area contributed by atoms with Gasteiger partial charge in [-0.1, -0.05) is 13.3 Å². The lowest BCUT2D eigenvalue weighted by Gasteiger charge is -2.17. The topological polar surface area (TPSA) is 29.0 Å². The van der Waals surface area contributed by atoms with Crippen molar-refractivity contribution in [3.63, 3.8) is 0 Å². The van der Waals surface area contributed by atoms with Crippen molar-refractivity contribution in [3.8, 4) is 0 Å². The van der Waals surface area contributed by atoms with E-state index >= 15 is 0 Å². The van der Waals surface area contributed by atoms with E-state index in [1.54, 1.807) is 0 Å². The minimum Gasteiger partial charge on any atom is -0.356 e. The lowest BCUT2D eigenvalue weighted by Crippen LogP contribution is -2.21. The van der Waals surface area contributed by atoms with E-state index in [1.165, 1.54) is 12.8 Å². The average molecular weight is 226 g/mol. The first-order valence-corrected chi connectivity index (χ1v) is 5.83. The number of nitrogens with zero attached hydrogens (tertiary/aromatic N) is 3. The molecular formula is C11H16ClN3. The zero-order chi connectivity index (χ0) is 10.8. The summed E-state index contributed by atoms with van der Waals surface area (Å²) in [5.74, 6) is 1.78. The van der Waals surface area contributed by atoms with Gasteiger partial charge in [-0.15, -0.1) is 0 Å². The van der Waals surface area contributed by atoms with Gasteiger partial charge in [0.05, 0.1) is 0 Å². The Morgan fingerprint density at radius 1 is 1.53 bits per heavy atom. The van der Waals surface area contributed by atoms with Gasteiger partial charge in [-0.25, -0.2) is 9.97 Å². The molecule has 1 unspecified atom stereocenters. The lowest BCUT2D eigenvalue weighted by molar-refractivity contribution is 0.568. The highest BCUT2D eigenvalue weighted by Gasteiger charge is 2.22. The highest BCUT2D eigenvalue weighted by atomic mass is 35.5. The minimum absolute atomic E-state index is 0.352. The molecule has 1 aromatic rings. The number of aryl methyl sites for hydroxylation is 1. The Kier molecular flexibility index (Phi) is 3.10. The van der Waals surface area contributed by atoms with Crippen LogP contribution in [0.2, 0.25) is 5.28 Å². The number of hydrogen-bond donors (Lipinski definition) is 0. The fourth-order valence-corrected chi connectivity index (χ4v) is 2.27. The number of halogens is 1. The fourth-order valence-electron chi connectivity index (χ4n) is 2.05. The molecule has 1 atom stereocenters. The smallest absolute Gasteiger partial charge is 0.224 e. The van der Waals surface area contributed by atoms with E-state index in [0.29, 0.717) is 5.28 Å². The van der Waals surface area contributed by atoms with E-state index in [0.717, 1.165) is 30.5 Å². The fraction of sp³-hybridized carbons (Fsp3) is 0.636.